The first-order valence-corrected chi connectivity index (χ1v) is 7.55. The molecular weight excluding hydrogens is 266 g/mol. The van der Waals surface area contributed by atoms with Crippen LogP contribution in [0.4, 0.5) is 0 Å². The molecule has 0 atom stereocenters. The van der Waals surface area contributed by atoms with E-state index < -0.39 is 0 Å². The maximum atomic E-state index is 12.3. The molecule has 6 heteroatoms. The Bertz CT molecular complexity index is 451. The van der Waals surface area contributed by atoms with Gasteiger partial charge in [0.05, 0.1) is 11.9 Å². The fourth-order valence-electron chi connectivity index (χ4n) is 2.25. The Balaban J connectivity index is 2.63. The van der Waals surface area contributed by atoms with Crippen molar-refractivity contribution in [1.82, 2.24) is 25.2 Å². The van der Waals surface area contributed by atoms with Crippen LogP contribution in [0.15, 0.2) is 6.20 Å². The number of hydrogen-bond donors (Lipinski definition) is 1. The van der Waals surface area contributed by atoms with E-state index in [9.17, 15) is 4.79 Å². The number of carbonyl (C=O) groups is 1. The van der Waals surface area contributed by atoms with Crippen LogP contribution in [0.5, 0.6) is 0 Å². The van der Waals surface area contributed by atoms with E-state index in [1.165, 1.54) is 0 Å². The maximum absolute atomic E-state index is 12.3. The Labute approximate surface area is 127 Å². The number of hydrogen-bond acceptors (Lipinski definition) is 4. The smallest absolute Gasteiger partial charge is 0.244 e. The van der Waals surface area contributed by atoms with Crippen molar-refractivity contribution in [2.45, 2.75) is 79.2 Å². The molecule has 0 radical (unpaired) electrons. The van der Waals surface area contributed by atoms with Gasteiger partial charge in [0, 0.05) is 24.2 Å². The van der Waals surface area contributed by atoms with E-state index in [4.69, 9.17) is 0 Å². The highest BCUT2D eigenvalue weighted by atomic mass is 16.2. The van der Waals surface area contributed by atoms with Crippen LogP contribution in [0.3, 0.4) is 0 Å². The Hall–Kier alpha value is -1.43. The molecule has 0 spiro atoms. The summed E-state index contributed by atoms with van der Waals surface area (Å²) in [5.74, 6) is 0.0697. The van der Waals surface area contributed by atoms with Crippen LogP contribution in [-0.4, -0.2) is 43.4 Å². The second kappa shape index (κ2) is 7.02. The molecule has 120 valence electrons. The molecule has 6 nitrogen and oxygen atoms in total. The molecule has 0 aliphatic rings. The number of amides is 1. The van der Waals surface area contributed by atoms with Crippen molar-refractivity contribution in [3.63, 3.8) is 0 Å². The lowest BCUT2D eigenvalue weighted by molar-refractivity contribution is -0.135. The van der Waals surface area contributed by atoms with E-state index in [0.717, 1.165) is 5.69 Å². The van der Waals surface area contributed by atoms with Crippen LogP contribution in [0.25, 0.3) is 0 Å². The van der Waals surface area contributed by atoms with Crippen LogP contribution < -0.4 is 5.32 Å². The standard InChI is InChI=1S/C15H29N5O/c1-11(2)20(12(3)4)14(21)10-19-9-13(17-18-19)8-16-15(5,6)7/h9,11-12,16H,8,10H2,1-7H3. The molecule has 0 saturated carbocycles. The van der Waals surface area contributed by atoms with E-state index in [2.05, 4.69) is 36.4 Å². The molecular formula is C15H29N5O. The third kappa shape index (κ3) is 5.83. The average Bonchev–Trinajstić information content (AvgIpc) is 2.72. The molecule has 0 saturated heterocycles. The number of carbonyl (C=O) groups excluding carboxylic acids is 1. The Morgan fingerprint density at radius 1 is 1.29 bits per heavy atom. The zero-order valence-corrected chi connectivity index (χ0v) is 14.3. The van der Waals surface area contributed by atoms with E-state index in [1.807, 2.05) is 38.8 Å². The highest BCUT2D eigenvalue weighted by molar-refractivity contribution is 5.76. The zero-order valence-electron chi connectivity index (χ0n) is 14.3. The van der Waals surface area contributed by atoms with E-state index >= 15 is 0 Å². The van der Waals surface area contributed by atoms with Crippen molar-refractivity contribution < 1.29 is 4.79 Å². The molecule has 0 aliphatic heterocycles. The summed E-state index contributed by atoms with van der Waals surface area (Å²) in [7, 11) is 0. The van der Waals surface area contributed by atoms with Gasteiger partial charge in [-0.05, 0) is 48.5 Å². The van der Waals surface area contributed by atoms with Crippen molar-refractivity contribution in [2.24, 2.45) is 0 Å². The minimum Gasteiger partial charge on any atom is -0.336 e. The van der Waals surface area contributed by atoms with Gasteiger partial charge in [-0.3, -0.25) is 4.79 Å². The van der Waals surface area contributed by atoms with Crippen molar-refractivity contribution >= 4 is 5.91 Å². The second-order valence-electron chi connectivity index (χ2n) is 7.00. The van der Waals surface area contributed by atoms with Crippen molar-refractivity contribution in [1.29, 1.82) is 0 Å². The van der Waals surface area contributed by atoms with Crippen LogP contribution >= 0.6 is 0 Å². The van der Waals surface area contributed by atoms with Crippen molar-refractivity contribution in [3.8, 4) is 0 Å². The van der Waals surface area contributed by atoms with Gasteiger partial charge in [0.2, 0.25) is 5.91 Å². The van der Waals surface area contributed by atoms with Gasteiger partial charge in [0.15, 0.2) is 0 Å². The van der Waals surface area contributed by atoms with Gasteiger partial charge in [-0.25, -0.2) is 4.68 Å². The lowest BCUT2D eigenvalue weighted by atomic mass is 10.1. The van der Waals surface area contributed by atoms with Crippen LogP contribution in [0, 0.1) is 0 Å². The fourth-order valence-corrected chi connectivity index (χ4v) is 2.25. The summed E-state index contributed by atoms with van der Waals surface area (Å²) in [6, 6.07) is 0.367. The molecule has 1 heterocycles. The van der Waals surface area contributed by atoms with Crippen LogP contribution in [0.1, 0.15) is 54.2 Å². The van der Waals surface area contributed by atoms with Gasteiger partial charge >= 0.3 is 0 Å². The minimum atomic E-state index is 0.0334. The summed E-state index contributed by atoms with van der Waals surface area (Å²) in [6.45, 7) is 15.3. The molecule has 21 heavy (non-hydrogen) atoms. The summed E-state index contributed by atoms with van der Waals surface area (Å²) >= 11 is 0. The quantitative estimate of drug-likeness (QED) is 0.869. The summed E-state index contributed by atoms with van der Waals surface area (Å²) in [6.07, 6.45) is 1.83. The Kier molecular flexibility index (Phi) is 5.89. The monoisotopic (exact) mass is 295 g/mol. The lowest BCUT2D eigenvalue weighted by Crippen LogP contribution is -2.43. The largest absolute Gasteiger partial charge is 0.336 e. The SMILES string of the molecule is CC(C)N(C(=O)Cn1cc(CNC(C)(C)C)nn1)C(C)C. The molecule has 1 N–H and O–H groups in total. The Morgan fingerprint density at radius 2 is 1.86 bits per heavy atom. The summed E-state index contributed by atoms with van der Waals surface area (Å²) in [4.78, 5) is 14.2. The normalized spacial score (nSPS) is 12.2. The number of nitrogens with zero attached hydrogens (tertiary/aromatic N) is 4. The second-order valence-corrected chi connectivity index (χ2v) is 7.00. The molecule has 0 unspecified atom stereocenters. The highest BCUT2D eigenvalue weighted by Crippen LogP contribution is 2.07. The van der Waals surface area contributed by atoms with Gasteiger partial charge in [-0.15, -0.1) is 5.10 Å². The van der Waals surface area contributed by atoms with Gasteiger partial charge < -0.3 is 10.2 Å². The fraction of sp³-hybridized carbons (Fsp3) is 0.800. The van der Waals surface area contributed by atoms with Gasteiger partial charge in [0.1, 0.15) is 6.54 Å². The van der Waals surface area contributed by atoms with E-state index in [1.54, 1.807) is 4.68 Å². The topological polar surface area (TPSA) is 63.1 Å². The molecule has 1 aromatic heterocycles. The number of rotatable bonds is 6. The minimum absolute atomic E-state index is 0.0334. The molecule has 1 amide bonds. The first-order valence-electron chi connectivity index (χ1n) is 7.55. The average molecular weight is 295 g/mol. The first-order chi connectivity index (χ1) is 9.60. The van der Waals surface area contributed by atoms with Gasteiger partial charge in [-0.1, -0.05) is 5.21 Å². The molecule has 1 aromatic rings. The van der Waals surface area contributed by atoms with Crippen molar-refractivity contribution in [2.75, 3.05) is 0 Å². The Morgan fingerprint density at radius 3 is 2.33 bits per heavy atom. The molecule has 0 aliphatic carbocycles. The van der Waals surface area contributed by atoms with Crippen molar-refractivity contribution in [3.05, 3.63) is 11.9 Å². The van der Waals surface area contributed by atoms with Crippen LogP contribution in [0.2, 0.25) is 0 Å². The summed E-state index contributed by atoms with van der Waals surface area (Å²) in [5.41, 5.74) is 0.879. The molecule has 0 aromatic carbocycles. The third-order valence-electron chi connectivity index (χ3n) is 3.08. The lowest BCUT2D eigenvalue weighted by Gasteiger charge is -2.30. The molecule has 0 fully saturated rings. The first kappa shape index (κ1) is 17.6. The maximum Gasteiger partial charge on any atom is 0.244 e. The zero-order chi connectivity index (χ0) is 16.2. The number of nitrogens with one attached hydrogen (secondary N) is 1. The summed E-state index contributed by atoms with van der Waals surface area (Å²) < 4.78 is 1.61. The predicted molar refractivity (Wildman–Crippen MR) is 83.7 cm³/mol. The summed E-state index contributed by atoms with van der Waals surface area (Å²) in [5, 5.41) is 11.5. The third-order valence-corrected chi connectivity index (χ3v) is 3.08. The number of aromatic nitrogens is 3. The van der Waals surface area contributed by atoms with E-state index in [0.29, 0.717) is 6.54 Å². The van der Waals surface area contributed by atoms with Gasteiger partial charge in [0.25, 0.3) is 0 Å². The van der Waals surface area contributed by atoms with Crippen LogP contribution in [-0.2, 0) is 17.9 Å². The highest BCUT2D eigenvalue weighted by Gasteiger charge is 2.20. The van der Waals surface area contributed by atoms with E-state index in [-0.39, 0.29) is 30.1 Å². The molecule has 1 rings (SSSR count). The predicted octanol–water partition coefficient (Wildman–Crippen LogP) is 1.81. The molecule has 0 bridgehead atoms. The van der Waals surface area contributed by atoms with Gasteiger partial charge in [-0.2, -0.15) is 0 Å².